The summed E-state index contributed by atoms with van der Waals surface area (Å²) in [5.74, 6) is 0. The first-order valence-corrected chi connectivity index (χ1v) is 8.43. The Kier molecular flexibility index (Phi) is 4.35. The molecule has 0 amide bonds. The Morgan fingerprint density at radius 3 is 2.00 bits per heavy atom. The van der Waals surface area contributed by atoms with E-state index in [2.05, 4.69) is 0 Å². The summed E-state index contributed by atoms with van der Waals surface area (Å²) in [5, 5.41) is 0. The summed E-state index contributed by atoms with van der Waals surface area (Å²) in [4.78, 5) is 17.5. The summed E-state index contributed by atoms with van der Waals surface area (Å²) in [6.07, 6.45) is -0.901. The fraction of sp³-hybridized carbons (Fsp3) is 0.400. The highest BCUT2D eigenvalue weighted by atomic mass is 32.2. The van der Waals surface area contributed by atoms with Crippen LogP contribution in [0.1, 0.15) is 16.7 Å². The van der Waals surface area contributed by atoms with Crippen LogP contribution in [0.2, 0.25) is 0 Å². The monoisotopic (exact) mass is 293 g/mol. The van der Waals surface area contributed by atoms with Crippen molar-refractivity contribution in [3.05, 3.63) is 28.8 Å². The molecule has 8 heteroatoms. The molecule has 6 nitrogen and oxygen atoms in total. The van der Waals surface area contributed by atoms with E-state index in [0.717, 1.165) is 5.56 Å². The Labute approximate surface area is 106 Å². The van der Waals surface area contributed by atoms with Crippen molar-refractivity contribution in [2.24, 2.45) is 0 Å². The van der Waals surface area contributed by atoms with Crippen LogP contribution in [-0.4, -0.2) is 24.5 Å². The molecular weight excluding hydrogens is 277 g/mol. The zero-order valence-corrected chi connectivity index (χ0v) is 12.0. The van der Waals surface area contributed by atoms with Gasteiger partial charge < -0.3 is 9.79 Å². The topological polar surface area (TPSA) is 104 Å². The summed E-state index contributed by atoms with van der Waals surface area (Å²) >= 11 is 0. The second kappa shape index (κ2) is 5.11. The molecule has 18 heavy (non-hydrogen) atoms. The van der Waals surface area contributed by atoms with Crippen molar-refractivity contribution in [1.29, 1.82) is 0 Å². The first-order chi connectivity index (χ1) is 8.03. The fourth-order valence-corrected chi connectivity index (χ4v) is 4.29. The van der Waals surface area contributed by atoms with Crippen molar-refractivity contribution in [3.8, 4) is 0 Å². The van der Waals surface area contributed by atoms with E-state index in [1.54, 1.807) is 26.0 Å². The number of rotatable bonds is 4. The molecule has 0 atom stereocenters. The van der Waals surface area contributed by atoms with Crippen LogP contribution < -0.4 is 4.72 Å². The van der Waals surface area contributed by atoms with Gasteiger partial charge >= 0.3 is 7.60 Å². The van der Waals surface area contributed by atoms with E-state index in [4.69, 9.17) is 9.79 Å². The second-order valence-corrected chi connectivity index (χ2v) is 7.55. The first-order valence-electron chi connectivity index (χ1n) is 5.15. The molecule has 102 valence electrons. The zero-order chi connectivity index (χ0) is 14.1. The molecule has 0 saturated heterocycles. The van der Waals surface area contributed by atoms with Gasteiger partial charge in [-0.3, -0.25) is 4.57 Å². The summed E-state index contributed by atoms with van der Waals surface area (Å²) in [5.41, 5.74) is 2.02. The van der Waals surface area contributed by atoms with Crippen molar-refractivity contribution < 1.29 is 22.8 Å². The highest BCUT2D eigenvalue weighted by Crippen LogP contribution is 2.33. The van der Waals surface area contributed by atoms with E-state index in [1.165, 1.54) is 0 Å². The predicted molar refractivity (Wildman–Crippen MR) is 67.9 cm³/mol. The molecule has 0 heterocycles. The number of benzene rings is 1. The lowest BCUT2D eigenvalue weighted by Crippen LogP contribution is -2.26. The van der Waals surface area contributed by atoms with Gasteiger partial charge in [0.05, 0.1) is 4.90 Å². The Morgan fingerprint density at radius 2 is 1.61 bits per heavy atom. The first kappa shape index (κ1) is 15.3. The van der Waals surface area contributed by atoms with Gasteiger partial charge in [0.25, 0.3) is 0 Å². The lowest BCUT2D eigenvalue weighted by atomic mass is 10.1. The van der Waals surface area contributed by atoms with E-state index < -0.39 is 23.9 Å². The van der Waals surface area contributed by atoms with Crippen molar-refractivity contribution in [2.75, 3.05) is 6.29 Å². The summed E-state index contributed by atoms with van der Waals surface area (Å²) in [6.45, 7) is 5.14. The normalized spacial score (nSPS) is 12.7. The summed E-state index contributed by atoms with van der Waals surface area (Å²) in [7, 11) is -8.33. The van der Waals surface area contributed by atoms with Gasteiger partial charge in [0.1, 0.15) is 6.29 Å². The Morgan fingerprint density at radius 1 is 1.17 bits per heavy atom. The number of aryl methyl sites for hydroxylation is 3. The molecule has 1 aromatic rings. The minimum Gasteiger partial charge on any atom is -0.324 e. The average Bonchev–Trinajstić information content (AvgIpc) is 2.11. The van der Waals surface area contributed by atoms with Crippen molar-refractivity contribution >= 4 is 17.6 Å². The van der Waals surface area contributed by atoms with Gasteiger partial charge in [-0.05, 0) is 31.9 Å². The van der Waals surface area contributed by atoms with E-state index in [9.17, 15) is 13.0 Å². The molecule has 0 fully saturated rings. The quantitative estimate of drug-likeness (QED) is 0.719. The number of hydrogen-bond donors (Lipinski definition) is 3. The molecule has 0 radical (unpaired) electrons. The molecule has 1 aromatic carbocycles. The maximum absolute atomic E-state index is 12.0. The largest absolute Gasteiger partial charge is 0.340 e. The van der Waals surface area contributed by atoms with Gasteiger partial charge in [0.15, 0.2) is 0 Å². The van der Waals surface area contributed by atoms with Gasteiger partial charge in [-0.2, -0.15) is 4.72 Å². The molecule has 0 aliphatic rings. The minimum absolute atomic E-state index is 0.0709. The van der Waals surface area contributed by atoms with Gasteiger partial charge in [0.2, 0.25) is 10.0 Å². The fourth-order valence-electron chi connectivity index (χ4n) is 1.83. The Bertz CT molecular complexity index is 582. The third kappa shape index (κ3) is 3.90. The van der Waals surface area contributed by atoms with Crippen LogP contribution in [0, 0.1) is 20.8 Å². The van der Waals surface area contributed by atoms with Crippen LogP contribution in [-0.2, 0) is 14.6 Å². The third-order valence-corrected chi connectivity index (χ3v) is 4.82. The van der Waals surface area contributed by atoms with Crippen molar-refractivity contribution in [2.45, 2.75) is 25.7 Å². The SMILES string of the molecule is Cc1cc(C)c(S(=O)(=O)NCP(=O)(O)O)c(C)c1. The van der Waals surface area contributed by atoms with Crippen molar-refractivity contribution in [1.82, 2.24) is 4.72 Å². The highest BCUT2D eigenvalue weighted by Gasteiger charge is 2.23. The Hall–Kier alpha value is -0.720. The van der Waals surface area contributed by atoms with Crippen LogP contribution >= 0.6 is 7.60 Å². The van der Waals surface area contributed by atoms with E-state index in [-0.39, 0.29) is 4.90 Å². The van der Waals surface area contributed by atoms with Crippen LogP contribution in [0.3, 0.4) is 0 Å². The van der Waals surface area contributed by atoms with E-state index in [0.29, 0.717) is 11.1 Å². The standard InChI is InChI=1S/C10H16NO5PS/c1-7-4-8(2)10(9(3)5-7)18(15,16)11-6-17(12,13)14/h4-5,11H,6H2,1-3H3,(H2,12,13,14). The third-order valence-electron chi connectivity index (χ3n) is 2.33. The summed E-state index contributed by atoms with van der Waals surface area (Å²) < 4.78 is 36.6. The van der Waals surface area contributed by atoms with Gasteiger partial charge in [-0.1, -0.05) is 17.7 Å². The van der Waals surface area contributed by atoms with Crippen LogP contribution in [0.4, 0.5) is 0 Å². The molecule has 1 rings (SSSR count). The van der Waals surface area contributed by atoms with E-state index in [1.807, 2.05) is 11.6 Å². The molecule has 0 aliphatic heterocycles. The Balaban J connectivity index is 3.18. The zero-order valence-electron chi connectivity index (χ0n) is 10.3. The lowest BCUT2D eigenvalue weighted by molar-refractivity contribution is 0.371. The maximum Gasteiger partial charge on any atom is 0.340 e. The van der Waals surface area contributed by atoms with Gasteiger partial charge in [0, 0.05) is 0 Å². The lowest BCUT2D eigenvalue weighted by Gasteiger charge is -2.13. The maximum atomic E-state index is 12.0. The molecule has 3 N–H and O–H groups in total. The molecule has 0 spiro atoms. The molecule has 0 saturated carbocycles. The van der Waals surface area contributed by atoms with Gasteiger partial charge in [-0.25, -0.2) is 8.42 Å². The average molecular weight is 293 g/mol. The minimum atomic E-state index is -4.41. The number of sulfonamides is 1. The van der Waals surface area contributed by atoms with Crippen LogP contribution in [0.15, 0.2) is 17.0 Å². The van der Waals surface area contributed by atoms with E-state index >= 15 is 0 Å². The number of hydrogen-bond acceptors (Lipinski definition) is 3. The molecule has 0 bridgehead atoms. The molecular formula is C10H16NO5PS. The van der Waals surface area contributed by atoms with Gasteiger partial charge in [-0.15, -0.1) is 0 Å². The highest BCUT2D eigenvalue weighted by molar-refractivity contribution is 7.89. The van der Waals surface area contributed by atoms with Crippen molar-refractivity contribution in [3.63, 3.8) is 0 Å². The predicted octanol–water partition coefficient (Wildman–Crippen LogP) is 1.03. The summed E-state index contributed by atoms with van der Waals surface area (Å²) in [6, 6.07) is 3.41. The molecule has 0 unspecified atom stereocenters. The second-order valence-electron chi connectivity index (χ2n) is 4.20. The van der Waals surface area contributed by atoms with Crippen LogP contribution in [0.5, 0.6) is 0 Å². The smallest absolute Gasteiger partial charge is 0.324 e. The molecule has 0 aromatic heterocycles. The van der Waals surface area contributed by atoms with Crippen LogP contribution in [0.25, 0.3) is 0 Å². The number of nitrogens with one attached hydrogen (secondary N) is 1. The molecule has 0 aliphatic carbocycles.